The van der Waals surface area contributed by atoms with Crippen LogP contribution in [0.1, 0.15) is 35.7 Å². The zero-order valence-electron chi connectivity index (χ0n) is 10.6. The minimum absolute atomic E-state index is 0.0573. The van der Waals surface area contributed by atoms with E-state index in [1.54, 1.807) is 0 Å². The molecule has 0 radical (unpaired) electrons. The van der Waals surface area contributed by atoms with E-state index in [0.29, 0.717) is 6.42 Å². The van der Waals surface area contributed by atoms with E-state index in [4.69, 9.17) is 5.73 Å². The van der Waals surface area contributed by atoms with Crippen molar-refractivity contribution in [3.8, 4) is 0 Å². The van der Waals surface area contributed by atoms with Gasteiger partial charge in [0.1, 0.15) is 0 Å². The number of carbonyl (C=O) groups is 1. The Balaban J connectivity index is 2.72. The Bertz CT molecular complexity index is 432. The van der Waals surface area contributed by atoms with Crippen molar-refractivity contribution in [1.29, 1.82) is 0 Å². The summed E-state index contributed by atoms with van der Waals surface area (Å²) in [6, 6.07) is 4.66. The van der Waals surface area contributed by atoms with Gasteiger partial charge in [0.05, 0.1) is 11.1 Å². The van der Waals surface area contributed by atoms with E-state index < -0.39 is 17.6 Å². The number of carbonyl (C=O) groups excluding carboxylic acids is 1. The maximum atomic E-state index is 12.7. The van der Waals surface area contributed by atoms with Gasteiger partial charge in [-0.1, -0.05) is 19.1 Å². The monoisotopic (exact) mass is 274 g/mol. The molecule has 1 unspecified atom stereocenters. The van der Waals surface area contributed by atoms with Crippen molar-refractivity contribution in [2.24, 2.45) is 5.73 Å². The summed E-state index contributed by atoms with van der Waals surface area (Å²) in [6.45, 7) is 2.17. The number of rotatable bonds is 5. The molecule has 0 spiro atoms. The highest BCUT2D eigenvalue weighted by atomic mass is 19.4. The van der Waals surface area contributed by atoms with Gasteiger partial charge in [-0.15, -0.1) is 0 Å². The van der Waals surface area contributed by atoms with Crippen molar-refractivity contribution in [1.82, 2.24) is 5.32 Å². The second-order valence-corrected chi connectivity index (χ2v) is 4.26. The Hall–Kier alpha value is -1.56. The fraction of sp³-hybridized carbons (Fsp3) is 0.462. The summed E-state index contributed by atoms with van der Waals surface area (Å²) in [5.74, 6) is -0.726. The first-order valence-corrected chi connectivity index (χ1v) is 6.06. The zero-order valence-corrected chi connectivity index (χ0v) is 10.6. The second kappa shape index (κ2) is 6.56. The van der Waals surface area contributed by atoms with Crippen LogP contribution in [0, 0.1) is 0 Å². The maximum absolute atomic E-state index is 12.7. The second-order valence-electron chi connectivity index (χ2n) is 4.26. The van der Waals surface area contributed by atoms with E-state index in [2.05, 4.69) is 5.32 Å². The fourth-order valence-corrected chi connectivity index (χ4v) is 1.60. The molecule has 0 aliphatic heterocycles. The van der Waals surface area contributed by atoms with Gasteiger partial charge in [0.2, 0.25) is 0 Å². The summed E-state index contributed by atoms with van der Waals surface area (Å²) in [7, 11) is 0. The quantitative estimate of drug-likeness (QED) is 0.867. The molecular weight excluding hydrogens is 257 g/mol. The Kier molecular flexibility index (Phi) is 5.35. The third kappa shape index (κ3) is 4.55. The first-order valence-electron chi connectivity index (χ1n) is 6.06. The number of halogens is 3. The molecule has 3 nitrogen and oxygen atoms in total. The highest BCUT2D eigenvalue weighted by molar-refractivity contribution is 5.95. The lowest BCUT2D eigenvalue weighted by Crippen LogP contribution is -2.31. The molecule has 0 bridgehead atoms. The summed E-state index contributed by atoms with van der Waals surface area (Å²) in [6.07, 6.45) is -3.24. The summed E-state index contributed by atoms with van der Waals surface area (Å²) in [5.41, 5.74) is 4.38. The molecule has 3 N–H and O–H groups in total. The molecule has 0 aliphatic rings. The molecule has 0 heterocycles. The zero-order chi connectivity index (χ0) is 14.5. The number of benzene rings is 1. The average molecular weight is 274 g/mol. The summed E-state index contributed by atoms with van der Waals surface area (Å²) in [4.78, 5) is 11.7. The molecule has 1 rings (SSSR count). The molecule has 0 saturated carbocycles. The van der Waals surface area contributed by atoms with E-state index in [0.717, 1.165) is 18.6 Å². The Morgan fingerprint density at radius 1 is 1.37 bits per heavy atom. The van der Waals surface area contributed by atoms with Gasteiger partial charge in [0, 0.05) is 12.6 Å². The number of nitrogens with two attached hydrogens (primary N) is 1. The standard InChI is InChI=1S/C13H17F3N2O/c1-2-9(17)7-8-18-12(19)10-5-3-4-6-11(10)13(14,15)16/h3-6,9H,2,7-8,17H2,1H3,(H,18,19). The van der Waals surface area contributed by atoms with Gasteiger partial charge in [-0.05, 0) is 25.0 Å². The van der Waals surface area contributed by atoms with Crippen LogP contribution < -0.4 is 11.1 Å². The van der Waals surface area contributed by atoms with Crippen LogP contribution in [0.2, 0.25) is 0 Å². The van der Waals surface area contributed by atoms with E-state index in [1.807, 2.05) is 6.92 Å². The molecule has 1 aromatic rings. The number of hydrogen-bond donors (Lipinski definition) is 2. The predicted octanol–water partition coefficient (Wildman–Crippen LogP) is 2.56. The maximum Gasteiger partial charge on any atom is 0.417 e. The van der Waals surface area contributed by atoms with Crippen molar-refractivity contribution in [2.75, 3.05) is 6.54 Å². The van der Waals surface area contributed by atoms with Crippen molar-refractivity contribution < 1.29 is 18.0 Å². The molecule has 0 saturated heterocycles. The van der Waals surface area contributed by atoms with Gasteiger partial charge in [-0.2, -0.15) is 13.2 Å². The lowest BCUT2D eigenvalue weighted by molar-refractivity contribution is -0.137. The summed E-state index contributed by atoms with van der Waals surface area (Å²) in [5, 5.41) is 2.46. The summed E-state index contributed by atoms with van der Waals surface area (Å²) < 4.78 is 38.1. The van der Waals surface area contributed by atoms with Gasteiger partial charge in [-0.3, -0.25) is 4.79 Å². The van der Waals surface area contributed by atoms with Gasteiger partial charge in [-0.25, -0.2) is 0 Å². The topological polar surface area (TPSA) is 55.1 Å². The minimum Gasteiger partial charge on any atom is -0.352 e. The molecule has 1 amide bonds. The third-order valence-electron chi connectivity index (χ3n) is 2.80. The fourth-order valence-electron chi connectivity index (χ4n) is 1.60. The molecule has 0 aliphatic carbocycles. The number of alkyl halides is 3. The Morgan fingerprint density at radius 3 is 2.58 bits per heavy atom. The molecule has 6 heteroatoms. The average Bonchev–Trinajstić information content (AvgIpc) is 2.37. The van der Waals surface area contributed by atoms with E-state index in [9.17, 15) is 18.0 Å². The van der Waals surface area contributed by atoms with Crippen LogP contribution in [0.3, 0.4) is 0 Å². The van der Waals surface area contributed by atoms with Gasteiger partial charge < -0.3 is 11.1 Å². The van der Waals surface area contributed by atoms with Crippen LogP contribution in [0.15, 0.2) is 24.3 Å². The lowest BCUT2D eigenvalue weighted by atomic mass is 10.1. The molecule has 19 heavy (non-hydrogen) atoms. The Labute approximate surface area is 110 Å². The largest absolute Gasteiger partial charge is 0.417 e. The van der Waals surface area contributed by atoms with Gasteiger partial charge in [0.25, 0.3) is 5.91 Å². The number of nitrogens with one attached hydrogen (secondary N) is 1. The Morgan fingerprint density at radius 2 is 2.00 bits per heavy atom. The molecule has 1 aromatic carbocycles. The van der Waals surface area contributed by atoms with Crippen LogP contribution in [0.4, 0.5) is 13.2 Å². The normalized spacial score (nSPS) is 13.1. The third-order valence-corrected chi connectivity index (χ3v) is 2.80. The molecule has 0 aromatic heterocycles. The van der Waals surface area contributed by atoms with Gasteiger partial charge in [0.15, 0.2) is 0 Å². The first kappa shape index (κ1) is 15.5. The van der Waals surface area contributed by atoms with Crippen LogP contribution >= 0.6 is 0 Å². The highest BCUT2D eigenvalue weighted by Crippen LogP contribution is 2.31. The van der Waals surface area contributed by atoms with Crippen LogP contribution in [-0.4, -0.2) is 18.5 Å². The summed E-state index contributed by atoms with van der Waals surface area (Å²) >= 11 is 0. The predicted molar refractivity (Wildman–Crippen MR) is 66.7 cm³/mol. The molecule has 1 atom stereocenters. The highest BCUT2D eigenvalue weighted by Gasteiger charge is 2.34. The molecular formula is C13H17F3N2O. The van der Waals surface area contributed by atoms with Crippen molar-refractivity contribution in [2.45, 2.75) is 32.0 Å². The van der Waals surface area contributed by atoms with Crippen LogP contribution in [-0.2, 0) is 6.18 Å². The van der Waals surface area contributed by atoms with Crippen molar-refractivity contribution in [3.63, 3.8) is 0 Å². The molecule has 106 valence electrons. The minimum atomic E-state index is -4.53. The number of amides is 1. The van der Waals surface area contributed by atoms with Gasteiger partial charge >= 0.3 is 6.18 Å². The number of hydrogen-bond acceptors (Lipinski definition) is 2. The van der Waals surface area contributed by atoms with Crippen molar-refractivity contribution in [3.05, 3.63) is 35.4 Å². The van der Waals surface area contributed by atoms with E-state index in [-0.39, 0.29) is 18.2 Å². The lowest BCUT2D eigenvalue weighted by Gasteiger charge is -2.13. The van der Waals surface area contributed by atoms with E-state index in [1.165, 1.54) is 12.1 Å². The molecule has 0 fully saturated rings. The SMILES string of the molecule is CCC(N)CCNC(=O)c1ccccc1C(F)(F)F. The first-order chi connectivity index (χ1) is 8.86. The van der Waals surface area contributed by atoms with Crippen molar-refractivity contribution >= 4 is 5.91 Å². The van der Waals surface area contributed by atoms with E-state index >= 15 is 0 Å². The smallest absolute Gasteiger partial charge is 0.352 e. The van der Waals surface area contributed by atoms with Crippen LogP contribution in [0.5, 0.6) is 0 Å². The van der Waals surface area contributed by atoms with Crippen LogP contribution in [0.25, 0.3) is 0 Å².